The maximum atomic E-state index is 12.9. The molecule has 17 nitrogen and oxygen atoms in total. The smallest absolute Gasteiger partial charge is 0.480 e. The van der Waals surface area contributed by atoms with Crippen LogP contribution in [0.2, 0.25) is 0 Å². The maximum absolute atomic E-state index is 12.9. The zero-order valence-corrected chi connectivity index (χ0v) is 34.1. The molecule has 0 radical (unpaired) electrons. The third kappa shape index (κ3) is 23.7. The third-order valence-corrected chi connectivity index (χ3v) is 8.95. The van der Waals surface area contributed by atoms with E-state index < -0.39 is 36.0 Å². The number of carbonyl (C=O) groups is 6. The van der Waals surface area contributed by atoms with Crippen molar-refractivity contribution in [2.75, 3.05) is 105 Å². The van der Waals surface area contributed by atoms with Gasteiger partial charge in [-0.1, -0.05) is 58.0 Å². The number of nitrogens with one attached hydrogen (secondary N) is 1. The number of ether oxygens (including phenoxy) is 5. The molecule has 0 bridgehead atoms. The summed E-state index contributed by atoms with van der Waals surface area (Å²) in [5, 5.41) is 20.5. The molecule has 0 spiro atoms. The Hall–Kier alpha value is -4.00. The molecule has 1 amide bonds. The number of carbonyl (C=O) groups excluding carboxylic acids is 4. The number of ketones is 1. The molecule has 3 aliphatic rings. The van der Waals surface area contributed by atoms with Crippen LogP contribution in [0, 0.1) is 17.8 Å². The standard InChI is InChI=1S/C23H34N2O5.C11H19NO5.C6H11NO3/c1-17(2)14-21(23(28)29)24-22(27)19(9-8-18-6-4-3-5-7-18)15-20(26)16-25-10-12-30-13-11-25;1-9(2)8-16-11(14)17-10(13)7-12-3-5-15-6-4-12;8-6(9)5-7-1-3-10-4-2-7/h3-7,17,19,21H,8-16H2,1-2H3,(H,24,27)(H,28,29);9H,3-8H2,1-2H3;1-5H2,(H,8,9)/t19-,21?;;/m1../s1. The maximum Gasteiger partial charge on any atom is 0.516 e. The van der Waals surface area contributed by atoms with Crippen molar-refractivity contribution in [3.8, 4) is 0 Å². The van der Waals surface area contributed by atoms with E-state index in [0.29, 0.717) is 91.6 Å². The average molecular weight is 809 g/mol. The quantitative estimate of drug-likeness (QED) is 0.143. The number of rotatable bonds is 18. The molecule has 1 aromatic rings. The number of esters is 1. The lowest BCUT2D eigenvalue weighted by atomic mass is 9.92. The van der Waals surface area contributed by atoms with Crippen LogP contribution in [0.5, 0.6) is 0 Å². The van der Waals surface area contributed by atoms with Gasteiger partial charge in [0.2, 0.25) is 5.91 Å². The number of carboxylic acid groups (broad SMARTS) is 2. The van der Waals surface area contributed by atoms with Gasteiger partial charge in [-0.25, -0.2) is 9.59 Å². The lowest BCUT2D eigenvalue weighted by Crippen LogP contribution is -2.45. The second kappa shape index (κ2) is 28.4. The summed E-state index contributed by atoms with van der Waals surface area (Å²) in [5.41, 5.74) is 1.09. The van der Waals surface area contributed by atoms with Gasteiger partial charge in [-0.15, -0.1) is 0 Å². The number of aryl methyl sites for hydroxylation is 1. The van der Waals surface area contributed by atoms with Gasteiger partial charge in [-0.05, 0) is 36.7 Å². The first-order valence-electron chi connectivity index (χ1n) is 19.8. The zero-order valence-electron chi connectivity index (χ0n) is 34.1. The molecule has 3 aliphatic heterocycles. The van der Waals surface area contributed by atoms with E-state index in [-0.39, 0.29) is 49.6 Å². The number of hydrogen-bond acceptors (Lipinski definition) is 14. The summed E-state index contributed by atoms with van der Waals surface area (Å²) in [6.45, 7) is 16.4. The number of aliphatic carboxylic acids is 2. The van der Waals surface area contributed by atoms with E-state index in [1.807, 2.05) is 72.7 Å². The molecule has 2 atom stereocenters. The molecule has 322 valence electrons. The minimum atomic E-state index is -1.04. The molecule has 57 heavy (non-hydrogen) atoms. The van der Waals surface area contributed by atoms with Gasteiger partial charge in [0.1, 0.15) is 11.8 Å². The van der Waals surface area contributed by atoms with Gasteiger partial charge in [0.05, 0.1) is 65.9 Å². The molecule has 0 aromatic heterocycles. The summed E-state index contributed by atoms with van der Waals surface area (Å²) in [4.78, 5) is 75.6. The Bertz CT molecular complexity index is 1350. The summed E-state index contributed by atoms with van der Waals surface area (Å²) in [7, 11) is 0. The van der Waals surface area contributed by atoms with E-state index in [4.69, 9.17) is 24.1 Å². The van der Waals surface area contributed by atoms with Gasteiger partial charge in [-0.3, -0.25) is 33.9 Å². The average Bonchev–Trinajstić information content (AvgIpc) is 3.17. The molecule has 0 aliphatic carbocycles. The monoisotopic (exact) mass is 808 g/mol. The van der Waals surface area contributed by atoms with E-state index in [2.05, 4.69) is 10.1 Å². The summed E-state index contributed by atoms with van der Waals surface area (Å²) < 4.78 is 24.8. The molecular weight excluding hydrogens is 744 g/mol. The van der Waals surface area contributed by atoms with Crippen molar-refractivity contribution in [3.05, 3.63) is 35.9 Å². The Morgan fingerprint density at radius 1 is 0.719 bits per heavy atom. The van der Waals surface area contributed by atoms with Crippen LogP contribution in [0.4, 0.5) is 4.79 Å². The summed E-state index contributed by atoms with van der Waals surface area (Å²) >= 11 is 0. The Morgan fingerprint density at radius 3 is 1.70 bits per heavy atom. The highest BCUT2D eigenvalue weighted by atomic mass is 16.7. The highest BCUT2D eigenvalue weighted by Gasteiger charge is 2.28. The van der Waals surface area contributed by atoms with Crippen LogP contribution in [0.3, 0.4) is 0 Å². The molecule has 3 saturated heterocycles. The third-order valence-electron chi connectivity index (χ3n) is 8.95. The fraction of sp³-hybridized carbons (Fsp3) is 0.700. The second-order valence-corrected chi connectivity index (χ2v) is 15.0. The first kappa shape index (κ1) is 49.1. The first-order valence-corrected chi connectivity index (χ1v) is 19.8. The van der Waals surface area contributed by atoms with Crippen LogP contribution in [0.1, 0.15) is 52.5 Å². The molecule has 3 heterocycles. The fourth-order valence-electron chi connectivity index (χ4n) is 5.92. The molecule has 0 saturated carbocycles. The Morgan fingerprint density at radius 2 is 1.23 bits per heavy atom. The lowest BCUT2D eigenvalue weighted by Gasteiger charge is -2.26. The molecule has 1 unspecified atom stereocenters. The highest BCUT2D eigenvalue weighted by molar-refractivity contribution is 5.90. The number of benzene rings is 1. The van der Waals surface area contributed by atoms with Gasteiger partial charge in [0.25, 0.3) is 0 Å². The highest BCUT2D eigenvalue weighted by Crippen LogP contribution is 2.17. The lowest BCUT2D eigenvalue weighted by molar-refractivity contribution is -0.143. The predicted octanol–water partition coefficient (Wildman–Crippen LogP) is 2.20. The summed E-state index contributed by atoms with van der Waals surface area (Å²) in [6, 6.07) is 8.86. The van der Waals surface area contributed by atoms with Crippen molar-refractivity contribution in [2.45, 2.75) is 59.4 Å². The largest absolute Gasteiger partial charge is 0.516 e. The van der Waals surface area contributed by atoms with Gasteiger partial charge >= 0.3 is 24.1 Å². The Labute approximate surface area is 336 Å². The van der Waals surface area contributed by atoms with Crippen LogP contribution < -0.4 is 5.32 Å². The number of amides is 1. The predicted molar refractivity (Wildman–Crippen MR) is 209 cm³/mol. The number of carboxylic acids is 2. The van der Waals surface area contributed by atoms with Gasteiger partial charge < -0.3 is 39.2 Å². The fourth-order valence-corrected chi connectivity index (χ4v) is 5.92. The summed E-state index contributed by atoms with van der Waals surface area (Å²) in [6.07, 6.45) is 0.708. The van der Waals surface area contributed by atoms with E-state index >= 15 is 0 Å². The van der Waals surface area contributed by atoms with E-state index in [0.717, 1.165) is 18.7 Å². The molecule has 1 aromatic carbocycles. The van der Waals surface area contributed by atoms with Crippen molar-refractivity contribution in [2.24, 2.45) is 17.8 Å². The van der Waals surface area contributed by atoms with Crippen molar-refractivity contribution in [1.29, 1.82) is 0 Å². The number of nitrogens with zero attached hydrogens (tertiary/aromatic N) is 3. The van der Waals surface area contributed by atoms with Crippen molar-refractivity contribution < 1.29 is 62.7 Å². The van der Waals surface area contributed by atoms with Crippen LogP contribution in [0.15, 0.2) is 30.3 Å². The Kier molecular flexibility index (Phi) is 24.5. The van der Waals surface area contributed by atoms with Crippen LogP contribution >= 0.6 is 0 Å². The molecule has 4 rings (SSSR count). The van der Waals surface area contributed by atoms with E-state index in [1.165, 1.54) is 0 Å². The SMILES string of the molecule is CC(C)CC(NC(=O)[C@H](CCc1ccccc1)CC(=O)CN1CCOCC1)C(=O)O.CC(C)COC(=O)OC(=O)CN1CCOCC1.O=C(O)CN1CCOCC1. The molecule has 3 fully saturated rings. The van der Waals surface area contributed by atoms with Crippen LogP contribution in [0.25, 0.3) is 0 Å². The number of morpholine rings is 3. The second-order valence-electron chi connectivity index (χ2n) is 15.0. The minimum absolute atomic E-state index is 0.000784. The van der Waals surface area contributed by atoms with E-state index in [9.17, 15) is 33.9 Å². The minimum Gasteiger partial charge on any atom is -0.480 e. The van der Waals surface area contributed by atoms with Gasteiger partial charge in [0, 0.05) is 51.6 Å². The number of hydrogen-bond donors (Lipinski definition) is 3. The van der Waals surface area contributed by atoms with E-state index in [1.54, 1.807) is 0 Å². The molecule has 17 heteroatoms. The van der Waals surface area contributed by atoms with Gasteiger partial charge in [0.15, 0.2) is 0 Å². The first-order chi connectivity index (χ1) is 27.2. The topological polar surface area (TPSA) is 211 Å². The number of Topliss-reactive ketones (excluding diaryl/α,β-unsaturated/α-hetero) is 1. The normalized spacial score (nSPS) is 17.5. The van der Waals surface area contributed by atoms with Gasteiger partial charge in [-0.2, -0.15) is 0 Å². The van der Waals surface area contributed by atoms with Crippen molar-refractivity contribution in [1.82, 2.24) is 20.0 Å². The van der Waals surface area contributed by atoms with Crippen LogP contribution in [-0.2, 0) is 54.1 Å². The van der Waals surface area contributed by atoms with Crippen molar-refractivity contribution in [3.63, 3.8) is 0 Å². The summed E-state index contributed by atoms with van der Waals surface area (Å²) in [5.74, 6) is -2.93. The van der Waals surface area contributed by atoms with Crippen molar-refractivity contribution >= 4 is 35.8 Å². The molecule has 3 N–H and O–H groups in total. The molecular formula is C40H64N4O13. The zero-order chi connectivity index (χ0) is 42.0. The van der Waals surface area contributed by atoms with Crippen LogP contribution in [-0.4, -0.2) is 172 Å². The Balaban J connectivity index is 0.000000345.